The molecule has 3 aromatic rings. The highest BCUT2D eigenvalue weighted by molar-refractivity contribution is 7.87. The number of nitrogens with zero attached hydrogens (tertiary/aromatic N) is 5. The van der Waals surface area contributed by atoms with Gasteiger partial charge in [0.1, 0.15) is 47.0 Å². The fourth-order valence-corrected chi connectivity index (χ4v) is 11.9. The summed E-state index contributed by atoms with van der Waals surface area (Å²) in [4.78, 5) is 83.1. The minimum Gasteiger partial charge on any atom is -0.497 e. The van der Waals surface area contributed by atoms with Crippen molar-refractivity contribution >= 4 is 67.2 Å². The normalized spacial score (nSPS) is 24.5. The van der Waals surface area contributed by atoms with Crippen LogP contribution in [0.1, 0.15) is 93.4 Å². The summed E-state index contributed by atoms with van der Waals surface area (Å²) < 4.78 is 41.4. The van der Waals surface area contributed by atoms with Gasteiger partial charge in [-0.25, -0.2) is 19.1 Å². The number of thiazole rings is 1. The summed E-state index contributed by atoms with van der Waals surface area (Å²) in [5.74, 6) is -1.52. The fourth-order valence-electron chi connectivity index (χ4n) is 9.32. The van der Waals surface area contributed by atoms with Crippen LogP contribution in [0.4, 0.5) is 9.93 Å². The zero-order valence-corrected chi connectivity index (χ0v) is 43.0. The maximum absolute atomic E-state index is 15.2. The number of allylic oxidation sites excluding steroid dienone is 1. The van der Waals surface area contributed by atoms with E-state index in [-0.39, 0.29) is 62.9 Å². The SMILES string of the molecule is C=CCNC(=O)[C@@]12CC1C=CCCCCC[C@H](NC(=O)N[C@H](C(=O)N1CCN(C(C)C)S1(=O)=O)C(C)(C)C)C(=O)N1C[C@H](Oc3cc(-c4csc(NC(C)C)n4)nc4cc(OC)ccc34)C[C@H]1C(=O)N2. The van der Waals surface area contributed by atoms with Crippen LogP contribution in [0.2, 0.25) is 0 Å². The Morgan fingerprint density at radius 2 is 1.83 bits per heavy atom. The van der Waals surface area contributed by atoms with Crippen molar-refractivity contribution < 1.29 is 41.9 Å². The number of urea groups is 1. The molecule has 2 saturated heterocycles. The smallest absolute Gasteiger partial charge is 0.316 e. The Morgan fingerprint density at radius 3 is 2.51 bits per heavy atom. The molecule has 3 aliphatic heterocycles. The number of fused-ring (bicyclic) bond motifs is 3. The summed E-state index contributed by atoms with van der Waals surface area (Å²) in [5, 5.41) is 18.1. The third kappa shape index (κ3) is 11.4. The van der Waals surface area contributed by atoms with Crippen molar-refractivity contribution in [3.05, 3.63) is 54.5 Å². The van der Waals surface area contributed by atoms with Crippen molar-refractivity contribution in [3.8, 4) is 22.9 Å². The molecule has 4 aliphatic rings. The number of hydrogen-bond donors (Lipinski definition) is 5. The molecule has 6 atom stereocenters. The lowest BCUT2D eigenvalue weighted by molar-refractivity contribution is -0.141. The summed E-state index contributed by atoms with van der Waals surface area (Å²) in [6.07, 6.45) is 8.10. The number of carbonyl (C=O) groups excluding carboxylic acids is 5. The average Bonchev–Trinajstić information content (AvgIpc) is 3.58. The van der Waals surface area contributed by atoms with E-state index in [2.05, 4.69) is 33.2 Å². The Morgan fingerprint density at radius 1 is 1.06 bits per heavy atom. The van der Waals surface area contributed by atoms with Crippen LogP contribution in [0.5, 0.6) is 11.5 Å². The molecule has 70 heavy (non-hydrogen) atoms. The maximum atomic E-state index is 15.2. The number of methoxy groups -OCH3 is 1. The monoisotopic (exact) mass is 1000 g/mol. The van der Waals surface area contributed by atoms with E-state index in [1.807, 2.05) is 37.4 Å². The van der Waals surface area contributed by atoms with Gasteiger partial charge in [-0.15, -0.1) is 17.9 Å². The third-order valence-electron chi connectivity index (χ3n) is 13.1. The van der Waals surface area contributed by atoms with Crippen LogP contribution in [0.3, 0.4) is 0 Å². The molecule has 3 fully saturated rings. The number of carbonyl (C=O) groups is 5. The molecule has 19 nitrogen and oxygen atoms in total. The first-order valence-electron chi connectivity index (χ1n) is 24.1. The van der Waals surface area contributed by atoms with Gasteiger partial charge in [0.25, 0.3) is 5.91 Å². The molecule has 0 radical (unpaired) electrons. The highest BCUT2D eigenvalue weighted by Gasteiger charge is 2.61. The highest BCUT2D eigenvalue weighted by atomic mass is 32.2. The van der Waals surface area contributed by atoms with E-state index in [1.165, 1.54) is 20.5 Å². The Hall–Kier alpha value is -5.80. The molecule has 5 heterocycles. The minimum absolute atomic E-state index is 0.0358. The second-order valence-corrected chi connectivity index (χ2v) is 22.8. The molecule has 0 bridgehead atoms. The van der Waals surface area contributed by atoms with Crippen molar-refractivity contribution in [2.45, 2.75) is 135 Å². The number of nitrogens with one attached hydrogen (secondary N) is 5. The zero-order valence-electron chi connectivity index (χ0n) is 41.4. The minimum atomic E-state index is -4.14. The number of aromatic nitrogens is 2. The maximum Gasteiger partial charge on any atom is 0.316 e. The van der Waals surface area contributed by atoms with Gasteiger partial charge in [0.2, 0.25) is 17.7 Å². The van der Waals surface area contributed by atoms with Crippen LogP contribution in [0.25, 0.3) is 22.3 Å². The summed E-state index contributed by atoms with van der Waals surface area (Å²) >= 11 is 1.45. The van der Waals surface area contributed by atoms with Gasteiger partial charge in [0.05, 0.1) is 31.4 Å². The first-order valence-corrected chi connectivity index (χ1v) is 26.4. The lowest BCUT2D eigenvalue weighted by Gasteiger charge is -2.34. The van der Waals surface area contributed by atoms with Crippen molar-refractivity contribution in [2.24, 2.45) is 11.3 Å². The van der Waals surface area contributed by atoms with E-state index in [0.717, 1.165) is 15.9 Å². The molecule has 5 N–H and O–H groups in total. The first kappa shape index (κ1) is 52.0. The number of pyridine rings is 1. The second kappa shape index (κ2) is 21.3. The van der Waals surface area contributed by atoms with Gasteiger partial charge in [-0.1, -0.05) is 51.8 Å². The molecule has 380 valence electrons. The summed E-state index contributed by atoms with van der Waals surface area (Å²) in [6.45, 7) is 16.6. The second-order valence-electron chi connectivity index (χ2n) is 20.1. The van der Waals surface area contributed by atoms with Crippen molar-refractivity contribution in [3.63, 3.8) is 0 Å². The summed E-state index contributed by atoms with van der Waals surface area (Å²) in [7, 11) is -2.58. The predicted molar refractivity (Wildman–Crippen MR) is 268 cm³/mol. The number of rotatable bonds is 13. The van der Waals surface area contributed by atoms with Crippen LogP contribution in [0.15, 0.2) is 54.5 Å². The molecule has 1 aromatic carbocycles. The fraction of sp³-hybridized carbons (Fsp3) is 0.571. The van der Waals surface area contributed by atoms with Gasteiger partial charge < -0.3 is 41.0 Å². The molecule has 1 unspecified atom stereocenters. The number of ether oxygens (including phenoxy) is 2. The molecule has 0 spiro atoms. The Labute approximate surface area is 414 Å². The largest absolute Gasteiger partial charge is 0.497 e. The van der Waals surface area contributed by atoms with Crippen LogP contribution < -0.4 is 36.1 Å². The standard InChI is InChI=1S/C49H68N10O9S2/c1-10-20-50-45(63)49-26-31(49)16-14-12-11-13-15-17-35(53-46(64)55-41(48(6,7)8)44(62)59-22-21-58(30(4)5)70(59,65)66)43(61)57-27-33(24-39(57)42(60)56-49)68-40-25-37(38-28-69-47(54-38)51-29(2)3)52-36-23-32(67-9)18-19-34(36)40/h10,14,16,18-19,23,25,28-31,33,35,39,41H,1,11-13,15,17,20-22,24,26-27H2,2-9H3,(H,50,63)(H,51,54)(H,56,60)(H2,53,55,64)/t31?,33-,35+,39+,41-,49-/m1/s1. The lowest BCUT2D eigenvalue weighted by atomic mass is 9.86. The van der Waals surface area contributed by atoms with E-state index in [4.69, 9.17) is 19.4 Å². The number of hydrogen-bond acceptors (Lipinski definition) is 13. The van der Waals surface area contributed by atoms with E-state index in [1.54, 1.807) is 66.0 Å². The quantitative estimate of drug-likeness (QED) is 0.141. The van der Waals surface area contributed by atoms with E-state index in [9.17, 15) is 27.6 Å². The topological polar surface area (TPSA) is 234 Å². The highest BCUT2D eigenvalue weighted by Crippen LogP contribution is 2.46. The summed E-state index contributed by atoms with van der Waals surface area (Å²) in [6, 6.07) is 2.54. The third-order valence-corrected chi connectivity index (χ3v) is 16.0. The van der Waals surface area contributed by atoms with Crippen molar-refractivity contribution in [1.29, 1.82) is 0 Å². The van der Waals surface area contributed by atoms with E-state index in [0.29, 0.717) is 59.5 Å². The van der Waals surface area contributed by atoms with E-state index >= 15 is 4.79 Å². The summed E-state index contributed by atoms with van der Waals surface area (Å²) in [5.41, 5.74) is -0.473. The molecule has 1 aliphatic carbocycles. The average molecular weight is 1010 g/mol. The van der Waals surface area contributed by atoms with Gasteiger partial charge in [-0.05, 0) is 70.9 Å². The molecular weight excluding hydrogens is 937 g/mol. The van der Waals surface area contributed by atoms with Gasteiger partial charge in [0.15, 0.2) is 5.13 Å². The van der Waals surface area contributed by atoms with Crippen LogP contribution in [-0.2, 0) is 29.4 Å². The van der Waals surface area contributed by atoms with Crippen LogP contribution in [-0.4, -0.2) is 137 Å². The van der Waals surface area contributed by atoms with Gasteiger partial charge >= 0.3 is 16.2 Å². The van der Waals surface area contributed by atoms with E-state index < -0.39 is 69.1 Å². The van der Waals surface area contributed by atoms with Crippen LogP contribution in [0, 0.1) is 11.3 Å². The molecule has 1 saturated carbocycles. The molecule has 2 aromatic heterocycles. The Balaban J connectivity index is 1.21. The van der Waals surface area contributed by atoms with Gasteiger partial charge in [0, 0.05) is 60.4 Å². The zero-order chi connectivity index (χ0) is 50.7. The number of amides is 6. The first-order chi connectivity index (χ1) is 33.2. The molecule has 21 heteroatoms. The molecule has 6 amide bonds. The van der Waals surface area contributed by atoms with Crippen LogP contribution >= 0.6 is 11.3 Å². The molecular formula is C49H68N10O9S2. The van der Waals surface area contributed by atoms with Crippen molar-refractivity contribution in [1.82, 2.24) is 44.7 Å². The Kier molecular flexibility index (Phi) is 15.8. The predicted octanol–water partition coefficient (Wildman–Crippen LogP) is 5.11. The number of anilines is 1. The van der Waals surface area contributed by atoms with Gasteiger partial charge in [-0.2, -0.15) is 12.7 Å². The lowest BCUT2D eigenvalue weighted by Crippen LogP contribution is -2.61. The van der Waals surface area contributed by atoms with Gasteiger partial charge in [-0.3, -0.25) is 19.2 Å². The Bertz CT molecular complexity index is 2610. The van der Waals surface area contributed by atoms with Crippen molar-refractivity contribution in [2.75, 3.05) is 38.6 Å². The number of benzene rings is 1. The molecule has 7 rings (SSSR count).